The quantitative estimate of drug-likeness (QED) is 0.670. The van der Waals surface area contributed by atoms with Crippen LogP contribution in [0.2, 0.25) is 0 Å². The molecule has 0 fully saturated rings. The van der Waals surface area contributed by atoms with E-state index in [2.05, 4.69) is 26.9 Å². The van der Waals surface area contributed by atoms with Crippen LogP contribution in [0.5, 0.6) is 5.75 Å². The minimum atomic E-state index is -0.0721. The van der Waals surface area contributed by atoms with Gasteiger partial charge in [0.05, 0.1) is 18.0 Å². The molecule has 2 heterocycles. The molecule has 0 saturated carbocycles. The summed E-state index contributed by atoms with van der Waals surface area (Å²) in [7, 11) is 0. The molecule has 0 bridgehead atoms. The van der Waals surface area contributed by atoms with Crippen LogP contribution in [0.25, 0.3) is 5.69 Å². The zero-order valence-corrected chi connectivity index (χ0v) is 14.7. The van der Waals surface area contributed by atoms with Crippen molar-refractivity contribution in [3.05, 3.63) is 60.2 Å². The number of para-hydroxylation sites is 2. The number of aromatic nitrogens is 4. The number of carbonyl (C=O) groups excluding carboxylic acids is 1. The summed E-state index contributed by atoms with van der Waals surface area (Å²) in [5, 5.41) is 15.2. The van der Waals surface area contributed by atoms with Crippen molar-refractivity contribution in [3.8, 4) is 11.4 Å². The van der Waals surface area contributed by atoms with Crippen LogP contribution in [0.15, 0.2) is 59.8 Å². The summed E-state index contributed by atoms with van der Waals surface area (Å²) in [6.45, 7) is 0.484. The van der Waals surface area contributed by atoms with Crippen molar-refractivity contribution in [2.45, 2.75) is 17.7 Å². The van der Waals surface area contributed by atoms with E-state index in [-0.39, 0.29) is 17.8 Å². The summed E-state index contributed by atoms with van der Waals surface area (Å²) in [4.78, 5) is 12.2. The monoisotopic (exact) mass is 367 g/mol. The van der Waals surface area contributed by atoms with Gasteiger partial charge in [-0.15, -0.1) is 5.10 Å². The van der Waals surface area contributed by atoms with Crippen LogP contribution in [0.4, 0.5) is 0 Å². The number of nitrogens with zero attached hydrogens (tertiary/aromatic N) is 4. The molecule has 0 radical (unpaired) electrons. The van der Waals surface area contributed by atoms with Crippen LogP contribution in [0.1, 0.15) is 5.56 Å². The van der Waals surface area contributed by atoms with Crippen molar-refractivity contribution in [2.75, 3.05) is 12.3 Å². The number of ether oxygens (including phenoxy) is 1. The summed E-state index contributed by atoms with van der Waals surface area (Å²) < 4.78 is 7.45. The fourth-order valence-corrected chi connectivity index (χ4v) is 3.50. The third kappa shape index (κ3) is 3.70. The van der Waals surface area contributed by atoms with Crippen LogP contribution in [-0.4, -0.2) is 44.5 Å². The van der Waals surface area contributed by atoms with Crippen LogP contribution in [-0.2, 0) is 11.2 Å². The molecule has 0 spiro atoms. The SMILES string of the molecule is O=C(CSc1nnnn1-c1ccccc1)NCC1Cc2ccccc2O1. The lowest BCUT2D eigenvalue weighted by molar-refractivity contribution is -0.118. The van der Waals surface area contributed by atoms with Gasteiger partial charge in [0.2, 0.25) is 11.1 Å². The molecule has 2 aromatic carbocycles. The molecule has 1 unspecified atom stereocenters. The standard InChI is InChI=1S/C18H17N5O2S/c24-17(19-11-15-10-13-6-4-5-9-16(13)25-15)12-26-18-20-21-22-23(18)14-7-2-1-3-8-14/h1-9,15H,10-12H2,(H,19,24). The fourth-order valence-electron chi connectivity index (χ4n) is 2.78. The lowest BCUT2D eigenvalue weighted by atomic mass is 10.1. The number of rotatable bonds is 6. The Morgan fingerprint density at radius 3 is 2.85 bits per heavy atom. The van der Waals surface area contributed by atoms with E-state index in [1.54, 1.807) is 4.68 Å². The Labute approximate surface area is 154 Å². The fraction of sp³-hybridized carbons (Fsp3) is 0.222. The Bertz CT molecular complexity index is 874. The van der Waals surface area contributed by atoms with Crippen molar-refractivity contribution in [2.24, 2.45) is 0 Å². The van der Waals surface area contributed by atoms with Crippen LogP contribution < -0.4 is 10.1 Å². The van der Waals surface area contributed by atoms with Gasteiger partial charge in [-0.1, -0.05) is 48.2 Å². The summed E-state index contributed by atoms with van der Waals surface area (Å²) in [6, 6.07) is 17.5. The van der Waals surface area contributed by atoms with Crippen LogP contribution in [0, 0.1) is 0 Å². The lowest BCUT2D eigenvalue weighted by Crippen LogP contribution is -2.35. The number of benzene rings is 2. The summed E-state index contributed by atoms with van der Waals surface area (Å²) in [5.74, 6) is 1.08. The molecule has 1 amide bonds. The first kappa shape index (κ1) is 16.6. The second-order valence-corrected chi connectivity index (χ2v) is 6.80. The second kappa shape index (κ2) is 7.57. The predicted molar refractivity (Wildman–Crippen MR) is 97.4 cm³/mol. The highest BCUT2D eigenvalue weighted by molar-refractivity contribution is 7.99. The molecular formula is C18H17N5O2S. The normalized spacial score (nSPS) is 15.3. The molecule has 132 valence electrons. The van der Waals surface area contributed by atoms with Gasteiger partial charge in [-0.3, -0.25) is 4.79 Å². The average Bonchev–Trinajstić information content (AvgIpc) is 3.31. The summed E-state index contributed by atoms with van der Waals surface area (Å²) >= 11 is 1.30. The Balaban J connectivity index is 1.27. The number of fused-ring (bicyclic) bond motifs is 1. The largest absolute Gasteiger partial charge is 0.488 e. The first-order valence-corrected chi connectivity index (χ1v) is 9.26. The number of amides is 1. The molecule has 1 N–H and O–H groups in total. The number of tetrazole rings is 1. The summed E-state index contributed by atoms with van der Waals surface area (Å²) in [6.07, 6.45) is 0.798. The number of hydrogen-bond acceptors (Lipinski definition) is 6. The average molecular weight is 367 g/mol. The van der Waals surface area contributed by atoms with Gasteiger partial charge in [0, 0.05) is 6.42 Å². The third-order valence-corrected chi connectivity index (χ3v) is 4.93. The van der Waals surface area contributed by atoms with E-state index >= 15 is 0 Å². The predicted octanol–water partition coefficient (Wildman–Crippen LogP) is 1.87. The molecule has 0 aliphatic carbocycles. The Morgan fingerprint density at radius 1 is 1.19 bits per heavy atom. The maximum atomic E-state index is 12.2. The van der Waals surface area contributed by atoms with Gasteiger partial charge in [0.1, 0.15) is 11.9 Å². The maximum absolute atomic E-state index is 12.2. The first-order valence-electron chi connectivity index (χ1n) is 8.27. The van der Waals surface area contributed by atoms with E-state index in [1.807, 2.05) is 48.5 Å². The van der Waals surface area contributed by atoms with E-state index in [9.17, 15) is 4.79 Å². The summed E-state index contributed by atoms with van der Waals surface area (Å²) in [5.41, 5.74) is 2.04. The zero-order chi connectivity index (χ0) is 17.8. The van der Waals surface area contributed by atoms with Gasteiger partial charge in [0.15, 0.2) is 0 Å². The Morgan fingerprint density at radius 2 is 2.00 bits per heavy atom. The first-order chi connectivity index (χ1) is 12.8. The minimum Gasteiger partial charge on any atom is -0.488 e. The molecule has 26 heavy (non-hydrogen) atoms. The number of carbonyl (C=O) groups is 1. The molecule has 0 saturated heterocycles. The van der Waals surface area contributed by atoms with Crippen LogP contribution in [0.3, 0.4) is 0 Å². The second-order valence-electron chi connectivity index (χ2n) is 5.85. The van der Waals surface area contributed by atoms with Crippen molar-refractivity contribution in [3.63, 3.8) is 0 Å². The minimum absolute atomic E-state index is 0.0176. The van der Waals surface area contributed by atoms with Crippen molar-refractivity contribution >= 4 is 17.7 Å². The Hall–Kier alpha value is -2.87. The molecule has 7 nitrogen and oxygen atoms in total. The topological polar surface area (TPSA) is 81.9 Å². The lowest BCUT2D eigenvalue weighted by Gasteiger charge is -2.11. The van der Waals surface area contributed by atoms with Gasteiger partial charge < -0.3 is 10.1 Å². The maximum Gasteiger partial charge on any atom is 0.230 e. The van der Waals surface area contributed by atoms with E-state index in [1.165, 1.54) is 17.3 Å². The molecular weight excluding hydrogens is 350 g/mol. The van der Waals surface area contributed by atoms with E-state index < -0.39 is 0 Å². The molecule has 1 aliphatic heterocycles. The molecule has 1 aliphatic rings. The Kier molecular flexibility index (Phi) is 4.83. The molecule has 8 heteroatoms. The smallest absolute Gasteiger partial charge is 0.230 e. The highest BCUT2D eigenvalue weighted by Crippen LogP contribution is 2.27. The van der Waals surface area contributed by atoms with Gasteiger partial charge in [-0.2, -0.15) is 4.68 Å². The molecule has 1 aromatic heterocycles. The molecule has 3 aromatic rings. The highest BCUT2D eigenvalue weighted by Gasteiger charge is 2.22. The van der Waals surface area contributed by atoms with Crippen molar-refractivity contribution in [1.29, 1.82) is 0 Å². The van der Waals surface area contributed by atoms with Gasteiger partial charge >= 0.3 is 0 Å². The molecule has 1 atom stereocenters. The highest BCUT2D eigenvalue weighted by atomic mass is 32.2. The van der Waals surface area contributed by atoms with Gasteiger partial charge in [-0.25, -0.2) is 0 Å². The number of hydrogen-bond donors (Lipinski definition) is 1. The number of nitrogens with one attached hydrogen (secondary N) is 1. The van der Waals surface area contributed by atoms with Crippen LogP contribution >= 0.6 is 11.8 Å². The number of thioether (sulfide) groups is 1. The van der Waals surface area contributed by atoms with Crippen molar-refractivity contribution in [1.82, 2.24) is 25.5 Å². The van der Waals surface area contributed by atoms with Gasteiger partial charge in [-0.05, 0) is 34.2 Å². The third-order valence-electron chi connectivity index (χ3n) is 4.01. The van der Waals surface area contributed by atoms with Gasteiger partial charge in [0.25, 0.3) is 0 Å². The van der Waals surface area contributed by atoms with E-state index in [0.717, 1.165) is 17.9 Å². The van der Waals surface area contributed by atoms with Crippen molar-refractivity contribution < 1.29 is 9.53 Å². The van der Waals surface area contributed by atoms with E-state index in [4.69, 9.17) is 4.74 Å². The molecule has 4 rings (SSSR count). The zero-order valence-electron chi connectivity index (χ0n) is 13.9. The van der Waals surface area contributed by atoms with E-state index in [0.29, 0.717) is 11.7 Å².